The van der Waals surface area contributed by atoms with E-state index in [1.165, 1.54) is 12.8 Å². The van der Waals surface area contributed by atoms with Gasteiger partial charge in [0.15, 0.2) is 0 Å². The molecule has 18 heavy (non-hydrogen) atoms. The van der Waals surface area contributed by atoms with Crippen molar-refractivity contribution in [1.82, 2.24) is 15.3 Å². The normalized spacial score (nSPS) is 19.5. The van der Waals surface area contributed by atoms with Gasteiger partial charge in [-0.25, -0.2) is 4.79 Å². The molecule has 0 saturated carbocycles. The van der Waals surface area contributed by atoms with Crippen LogP contribution in [0.2, 0.25) is 0 Å². The van der Waals surface area contributed by atoms with E-state index in [-0.39, 0.29) is 5.69 Å². The van der Waals surface area contributed by atoms with Crippen LogP contribution in [-0.2, 0) is 0 Å². The van der Waals surface area contributed by atoms with Crippen molar-refractivity contribution in [3.05, 3.63) is 28.7 Å². The highest BCUT2D eigenvalue weighted by Gasteiger charge is 2.16. The number of nitrogens with zero attached hydrogens (tertiary/aromatic N) is 1. The number of rotatable bonds is 3. The summed E-state index contributed by atoms with van der Waals surface area (Å²) in [6.45, 7) is 2.13. The predicted octanol–water partition coefficient (Wildman–Crippen LogP) is 1.04. The number of benzene rings is 1. The maximum Gasteiger partial charge on any atom is 0.323 e. The average Bonchev–Trinajstić information content (AvgIpc) is 2.95. The van der Waals surface area contributed by atoms with Gasteiger partial charge in [0.1, 0.15) is 0 Å². The van der Waals surface area contributed by atoms with Crippen LogP contribution in [0.5, 0.6) is 0 Å². The summed E-state index contributed by atoms with van der Waals surface area (Å²) < 4.78 is 0. The fourth-order valence-electron chi connectivity index (χ4n) is 2.61. The van der Waals surface area contributed by atoms with E-state index in [0.717, 1.165) is 29.8 Å². The number of fused-ring (bicyclic) bond motifs is 1. The molecule has 1 aromatic heterocycles. The number of likely N-dealkylation sites (N-methyl/N-ethyl adjacent to an activating group) is 1. The topological polar surface area (TPSA) is 63.9 Å². The van der Waals surface area contributed by atoms with E-state index in [1.54, 1.807) is 0 Å². The quantitative estimate of drug-likeness (QED) is 0.758. The Morgan fingerprint density at radius 1 is 1.33 bits per heavy atom. The second kappa shape index (κ2) is 4.49. The number of aromatic nitrogens is 2. The number of anilines is 1. The van der Waals surface area contributed by atoms with Crippen molar-refractivity contribution in [2.24, 2.45) is 0 Å². The molecule has 1 aliphatic rings. The molecule has 0 radical (unpaired) electrons. The number of imidazole rings is 1. The molecule has 1 saturated heterocycles. The van der Waals surface area contributed by atoms with Crippen molar-refractivity contribution >= 4 is 16.7 Å². The summed E-state index contributed by atoms with van der Waals surface area (Å²) >= 11 is 0. The SMILES string of the molecule is CN(CC1CCCN1)c1ccc2[nH]c(=O)[nH]c2c1. The summed E-state index contributed by atoms with van der Waals surface area (Å²) in [5, 5.41) is 3.49. The third-order valence-corrected chi connectivity index (χ3v) is 3.60. The highest BCUT2D eigenvalue weighted by Crippen LogP contribution is 2.19. The Balaban J connectivity index is 1.81. The summed E-state index contributed by atoms with van der Waals surface area (Å²) in [6.07, 6.45) is 2.51. The molecule has 5 nitrogen and oxygen atoms in total. The van der Waals surface area contributed by atoms with Gasteiger partial charge in [-0.15, -0.1) is 0 Å². The molecular weight excluding hydrogens is 228 g/mol. The van der Waals surface area contributed by atoms with Gasteiger partial charge in [-0.3, -0.25) is 0 Å². The van der Waals surface area contributed by atoms with Crippen LogP contribution in [-0.4, -0.2) is 36.1 Å². The van der Waals surface area contributed by atoms with Crippen LogP contribution in [0, 0.1) is 0 Å². The van der Waals surface area contributed by atoms with Crippen molar-refractivity contribution in [2.45, 2.75) is 18.9 Å². The Bertz CT molecular complexity index is 594. The zero-order chi connectivity index (χ0) is 12.5. The number of aromatic amines is 2. The van der Waals surface area contributed by atoms with Crippen LogP contribution in [0.1, 0.15) is 12.8 Å². The maximum atomic E-state index is 11.2. The molecule has 1 atom stereocenters. The molecule has 3 N–H and O–H groups in total. The van der Waals surface area contributed by atoms with Gasteiger partial charge >= 0.3 is 5.69 Å². The molecule has 96 valence electrons. The fraction of sp³-hybridized carbons (Fsp3) is 0.462. The second-order valence-electron chi connectivity index (χ2n) is 4.98. The first-order chi connectivity index (χ1) is 8.72. The standard InChI is InChI=1S/C13H18N4O/c1-17(8-9-3-2-6-14-9)10-4-5-11-12(7-10)16-13(18)15-11/h4-5,7,9,14H,2-3,6,8H2,1H3,(H2,15,16,18). The fourth-order valence-corrected chi connectivity index (χ4v) is 2.61. The maximum absolute atomic E-state index is 11.2. The predicted molar refractivity (Wildman–Crippen MR) is 73.2 cm³/mol. The van der Waals surface area contributed by atoms with Crippen molar-refractivity contribution in [2.75, 3.05) is 25.0 Å². The summed E-state index contributed by atoms with van der Waals surface area (Å²) in [7, 11) is 2.09. The molecule has 1 aliphatic heterocycles. The van der Waals surface area contributed by atoms with Crippen LogP contribution in [0.3, 0.4) is 0 Å². The van der Waals surface area contributed by atoms with Crippen molar-refractivity contribution in [1.29, 1.82) is 0 Å². The molecule has 1 unspecified atom stereocenters. The molecule has 3 rings (SSSR count). The summed E-state index contributed by atoms with van der Waals surface area (Å²) in [5.74, 6) is 0. The smallest absolute Gasteiger partial charge is 0.323 e. The van der Waals surface area contributed by atoms with Crippen LogP contribution in [0.4, 0.5) is 5.69 Å². The number of hydrogen-bond acceptors (Lipinski definition) is 3. The van der Waals surface area contributed by atoms with E-state index >= 15 is 0 Å². The molecule has 2 heterocycles. The third kappa shape index (κ3) is 2.13. The van der Waals surface area contributed by atoms with Gasteiger partial charge in [-0.2, -0.15) is 0 Å². The van der Waals surface area contributed by atoms with Gasteiger partial charge in [0.25, 0.3) is 0 Å². The Kier molecular flexibility index (Phi) is 2.83. The molecule has 5 heteroatoms. The van der Waals surface area contributed by atoms with Crippen LogP contribution in [0.15, 0.2) is 23.0 Å². The molecule has 1 fully saturated rings. The van der Waals surface area contributed by atoms with Gasteiger partial charge < -0.3 is 20.2 Å². The molecule has 2 aromatic rings. The highest BCUT2D eigenvalue weighted by atomic mass is 16.1. The number of nitrogens with one attached hydrogen (secondary N) is 3. The lowest BCUT2D eigenvalue weighted by Gasteiger charge is -2.23. The van der Waals surface area contributed by atoms with Gasteiger partial charge in [-0.1, -0.05) is 0 Å². The first-order valence-corrected chi connectivity index (χ1v) is 6.39. The van der Waals surface area contributed by atoms with Crippen molar-refractivity contribution in [3.63, 3.8) is 0 Å². The summed E-state index contributed by atoms with van der Waals surface area (Å²) in [4.78, 5) is 19.0. The highest BCUT2D eigenvalue weighted by molar-refractivity contribution is 5.78. The molecular formula is C13H18N4O. The van der Waals surface area contributed by atoms with Gasteiger partial charge in [0.05, 0.1) is 11.0 Å². The van der Waals surface area contributed by atoms with E-state index in [2.05, 4.69) is 27.2 Å². The van der Waals surface area contributed by atoms with Gasteiger partial charge in [0.2, 0.25) is 0 Å². The molecule has 0 spiro atoms. The molecule has 0 bridgehead atoms. The third-order valence-electron chi connectivity index (χ3n) is 3.60. The number of hydrogen-bond donors (Lipinski definition) is 3. The van der Waals surface area contributed by atoms with E-state index < -0.39 is 0 Å². The molecule has 1 aromatic carbocycles. The second-order valence-corrected chi connectivity index (χ2v) is 4.98. The minimum Gasteiger partial charge on any atom is -0.373 e. The largest absolute Gasteiger partial charge is 0.373 e. The summed E-state index contributed by atoms with van der Waals surface area (Å²) in [5.41, 5.74) is 2.70. The minimum absolute atomic E-state index is 0.151. The molecule has 0 aliphatic carbocycles. The first kappa shape index (κ1) is 11.3. The van der Waals surface area contributed by atoms with Crippen molar-refractivity contribution < 1.29 is 0 Å². The van der Waals surface area contributed by atoms with Crippen LogP contribution < -0.4 is 15.9 Å². The van der Waals surface area contributed by atoms with E-state index in [0.29, 0.717) is 6.04 Å². The van der Waals surface area contributed by atoms with Crippen LogP contribution in [0.25, 0.3) is 11.0 Å². The number of H-pyrrole nitrogens is 2. The Labute approximate surface area is 105 Å². The van der Waals surface area contributed by atoms with E-state index in [9.17, 15) is 4.79 Å². The van der Waals surface area contributed by atoms with E-state index in [4.69, 9.17) is 0 Å². The Morgan fingerprint density at radius 2 is 2.17 bits per heavy atom. The lowest BCUT2D eigenvalue weighted by molar-refractivity contribution is 0.600. The van der Waals surface area contributed by atoms with E-state index in [1.807, 2.05) is 18.2 Å². The first-order valence-electron chi connectivity index (χ1n) is 6.39. The van der Waals surface area contributed by atoms with Gasteiger partial charge in [-0.05, 0) is 37.6 Å². The summed E-state index contributed by atoms with van der Waals surface area (Å²) in [6, 6.07) is 6.58. The monoisotopic (exact) mass is 246 g/mol. The molecule has 0 amide bonds. The average molecular weight is 246 g/mol. The Morgan fingerprint density at radius 3 is 2.94 bits per heavy atom. The Hall–Kier alpha value is -1.75. The lowest BCUT2D eigenvalue weighted by Crippen LogP contribution is -2.35. The zero-order valence-corrected chi connectivity index (χ0v) is 10.5. The zero-order valence-electron chi connectivity index (χ0n) is 10.5. The van der Waals surface area contributed by atoms with Gasteiger partial charge in [0, 0.05) is 25.3 Å². The van der Waals surface area contributed by atoms with Crippen molar-refractivity contribution in [3.8, 4) is 0 Å². The van der Waals surface area contributed by atoms with Crippen LogP contribution >= 0.6 is 0 Å². The lowest BCUT2D eigenvalue weighted by atomic mass is 10.2. The minimum atomic E-state index is -0.151.